The molecule has 0 fully saturated rings. The molecule has 0 spiro atoms. The van der Waals surface area contributed by atoms with E-state index in [1.165, 1.54) is 0 Å². The first-order valence-electron chi connectivity index (χ1n) is 5.59. The van der Waals surface area contributed by atoms with Crippen LogP contribution in [-0.2, 0) is 6.42 Å². The van der Waals surface area contributed by atoms with E-state index in [4.69, 9.17) is 23.1 Å². The van der Waals surface area contributed by atoms with Crippen LogP contribution in [-0.4, -0.2) is 5.91 Å². The average Bonchev–Trinajstić information content (AvgIpc) is 2.35. The highest BCUT2D eigenvalue weighted by atomic mass is 79.9. The minimum absolute atomic E-state index is 0.423. The zero-order valence-electron chi connectivity index (χ0n) is 9.99. The van der Waals surface area contributed by atoms with Gasteiger partial charge in [0, 0.05) is 27.2 Å². The highest BCUT2D eigenvalue weighted by Gasteiger charge is 2.11. The first-order valence-corrected chi connectivity index (χ1v) is 6.76. The summed E-state index contributed by atoms with van der Waals surface area (Å²) in [5.41, 5.74) is 14.1. The molecular formula is C14H12BrClN2O. The van der Waals surface area contributed by atoms with E-state index in [1.54, 1.807) is 18.2 Å². The van der Waals surface area contributed by atoms with Gasteiger partial charge in [-0.05, 0) is 41.5 Å². The zero-order valence-corrected chi connectivity index (χ0v) is 12.3. The fourth-order valence-electron chi connectivity index (χ4n) is 1.86. The number of hydrogen-bond donors (Lipinski definition) is 2. The Morgan fingerprint density at radius 1 is 1.16 bits per heavy atom. The van der Waals surface area contributed by atoms with Gasteiger partial charge in [-0.25, -0.2) is 0 Å². The summed E-state index contributed by atoms with van der Waals surface area (Å²) < 4.78 is 0.936. The first kappa shape index (κ1) is 13.9. The van der Waals surface area contributed by atoms with Crippen LogP contribution in [0, 0.1) is 0 Å². The fraction of sp³-hybridized carbons (Fsp3) is 0.0714. The van der Waals surface area contributed by atoms with Crippen molar-refractivity contribution in [3.05, 3.63) is 62.6 Å². The molecule has 2 aromatic carbocycles. The van der Waals surface area contributed by atoms with Crippen LogP contribution in [0.15, 0.2) is 40.9 Å². The Balaban J connectivity index is 2.43. The number of halogens is 2. The van der Waals surface area contributed by atoms with Gasteiger partial charge in [0.05, 0.1) is 0 Å². The molecule has 98 valence electrons. The molecule has 0 saturated carbocycles. The van der Waals surface area contributed by atoms with E-state index in [9.17, 15) is 4.79 Å². The van der Waals surface area contributed by atoms with E-state index in [-0.39, 0.29) is 0 Å². The van der Waals surface area contributed by atoms with Gasteiger partial charge in [0.2, 0.25) is 5.91 Å². The molecule has 0 aromatic heterocycles. The van der Waals surface area contributed by atoms with E-state index in [2.05, 4.69) is 15.9 Å². The average molecular weight is 340 g/mol. The number of hydrogen-bond acceptors (Lipinski definition) is 2. The standard InChI is InChI=1S/C14H12BrClN2O/c15-10-2-4-13(17)9(6-10)5-8-1-3-11(16)7-12(8)14(18)19/h1-4,6-7H,5,17H2,(H2,18,19). The van der Waals surface area contributed by atoms with Crippen molar-refractivity contribution in [3.8, 4) is 0 Å². The molecule has 0 radical (unpaired) electrons. The second-order valence-corrected chi connectivity index (χ2v) is 5.54. The summed E-state index contributed by atoms with van der Waals surface area (Å²) in [5.74, 6) is -0.494. The summed E-state index contributed by atoms with van der Waals surface area (Å²) in [6.45, 7) is 0. The van der Waals surface area contributed by atoms with Gasteiger partial charge in [0.15, 0.2) is 0 Å². The number of benzene rings is 2. The normalized spacial score (nSPS) is 10.4. The molecule has 1 amide bonds. The Morgan fingerprint density at radius 2 is 1.89 bits per heavy atom. The van der Waals surface area contributed by atoms with Gasteiger partial charge in [-0.15, -0.1) is 0 Å². The molecule has 4 N–H and O–H groups in total. The molecular weight excluding hydrogens is 328 g/mol. The summed E-state index contributed by atoms with van der Waals surface area (Å²) >= 11 is 9.28. The van der Waals surface area contributed by atoms with E-state index in [0.717, 1.165) is 15.6 Å². The molecule has 0 unspecified atom stereocenters. The predicted molar refractivity (Wildman–Crippen MR) is 81.3 cm³/mol. The van der Waals surface area contributed by atoms with Crippen molar-refractivity contribution >= 4 is 39.1 Å². The third kappa shape index (κ3) is 3.28. The van der Waals surface area contributed by atoms with Crippen molar-refractivity contribution in [1.82, 2.24) is 0 Å². The minimum Gasteiger partial charge on any atom is -0.398 e. The van der Waals surface area contributed by atoms with Crippen molar-refractivity contribution in [1.29, 1.82) is 0 Å². The summed E-state index contributed by atoms with van der Waals surface area (Å²) in [6, 6.07) is 10.7. The van der Waals surface area contributed by atoms with Crippen LogP contribution in [0.1, 0.15) is 21.5 Å². The van der Waals surface area contributed by atoms with Gasteiger partial charge >= 0.3 is 0 Å². The Kier molecular flexibility index (Phi) is 4.12. The van der Waals surface area contributed by atoms with Gasteiger partial charge in [0.25, 0.3) is 0 Å². The molecule has 0 aliphatic carbocycles. The summed E-state index contributed by atoms with van der Waals surface area (Å²) in [6.07, 6.45) is 0.528. The van der Waals surface area contributed by atoms with E-state index in [0.29, 0.717) is 22.7 Å². The Bertz CT molecular complexity index is 643. The molecule has 0 bridgehead atoms. The zero-order chi connectivity index (χ0) is 14.0. The third-order valence-electron chi connectivity index (χ3n) is 2.82. The van der Waals surface area contributed by atoms with Gasteiger partial charge in [-0.3, -0.25) is 4.79 Å². The SMILES string of the molecule is NC(=O)c1cc(Cl)ccc1Cc1cc(Br)ccc1N. The van der Waals surface area contributed by atoms with Crippen LogP contribution in [0.2, 0.25) is 5.02 Å². The second-order valence-electron chi connectivity index (χ2n) is 4.19. The van der Waals surface area contributed by atoms with E-state index < -0.39 is 5.91 Å². The highest BCUT2D eigenvalue weighted by Crippen LogP contribution is 2.24. The number of amides is 1. The Labute approximate surface area is 124 Å². The summed E-state index contributed by atoms with van der Waals surface area (Å²) in [5, 5.41) is 0.486. The minimum atomic E-state index is -0.494. The molecule has 2 aromatic rings. The van der Waals surface area contributed by atoms with E-state index >= 15 is 0 Å². The number of rotatable bonds is 3. The largest absolute Gasteiger partial charge is 0.398 e. The van der Waals surface area contributed by atoms with Crippen LogP contribution in [0.5, 0.6) is 0 Å². The molecule has 0 aliphatic rings. The fourth-order valence-corrected chi connectivity index (χ4v) is 2.45. The first-order chi connectivity index (χ1) is 8.97. The number of anilines is 1. The molecule has 19 heavy (non-hydrogen) atoms. The predicted octanol–water partition coefficient (Wildman–Crippen LogP) is 3.37. The topological polar surface area (TPSA) is 69.1 Å². The summed E-state index contributed by atoms with van der Waals surface area (Å²) in [7, 11) is 0. The number of nitrogens with two attached hydrogens (primary N) is 2. The third-order valence-corrected chi connectivity index (χ3v) is 3.55. The van der Waals surface area contributed by atoms with Crippen molar-refractivity contribution in [3.63, 3.8) is 0 Å². The molecule has 2 rings (SSSR count). The van der Waals surface area contributed by atoms with Crippen LogP contribution < -0.4 is 11.5 Å². The number of carbonyl (C=O) groups excluding carboxylic acids is 1. The highest BCUT2D eigenvalue weighted by molar-refractivity contribution is 9.10. The molecule has 3 nitrogen and oxygen atoms in total. The van der Waals surface area contributed by atoms with Crippen LogP contribution in [0.25, 0.3) is 0 Å². The Hall–Kier alpha value is -1.52. The maximum atomic E-state index is 11.4. The van der Waals surface area contributed by atoms with Gasteiger partial charge in [0.1, 0.15) is 0 Å². The van der Waals surface area contributed by atoms with Crippen LogP contribution in [0.3, 0.4) is 0 Å². The number of carbonyl (C=O) groups is 1. The second kappa shape index (κ2) is 5.63. The lowest BCUT2D eigenvalue weighted by Gasteiger charge is -2.10. The molecule has 0 saturated heterocycles. The van der Waals surface area contributed by atoms with Crippen LogP contribution in [0.4, 0.5) is 5.69 Å². The van der Waals surface area contributed by atoms with Crippen molar-refractivity contribution in [2.75, 3.05) is 5.73 Å². The lowest BCUT2D eigenvalue weighted by Crippen LogP contribution is -2.14. The van der Waals surface area contributed by atoms with Crippen molar-refractivity contribution in [2.24, 2.45) is 5.73 Å². The van der Waals surface area contributed by atoms with Crippen LogP contribution >= 0.6 is 27.5 Å². The molecule has 0 aliphatic heterocycles. The number of nitrogen functional groups attached to an aromatic ring is 1. The molecule has 0 atom stereocenters. The van der Waals surface area contributed by atoms with Crippen molar-refractivity contribution in [2.45, 2.75) is 6.42 Å². The number of primary amides is 1. The van der Waals surface area contributed by atoms with E-state index in [1.807, 2.05) is 18.2 Å². The lowest BCUT2D eigenvalue weighted by molar-refractivity contribution is 0.0999. The van der Waals surface area contributed by atoms with Crippen molar-refractivity contribution < 1.29 is 4.79 Å². The van der Waals surface area contributed by atoms with Gasteiger partial charge in [-0.1, -0.05) is 33.6 Å². The van der Waals surface area contributed by atoms with Gasteiger partial charge < -0.3 is 11.5 Å². The maximum Gasteiger partial charge on any atom is 0.249 e. The smallest absolute Gasteiger partial charge is 0.249 e. The Morgan fingerprint density at radius 3 is 2.58 bits per heavy atom. The van der Waals surface area contributed by atoms with Gasteiger partial charge in [-0.2, -0.15) is 0 Å². The quantitative estimate of drug-likeness (QED) is 0.842. The monoisotopic (exact) mass is 338 g/mol. The lowest BCUT2D eigenvalue weighted by atomic mass is 9.98. The summed E-state index contributed by atoms with van der Waals surface area (Å²) in [4.78, 5) is 11.4. The molecule has 0 heterocycles. The molecule has 5 heteroatoms. The maximum absolute atomic E-state index is 11.4.